The molecule has 0 aromatic heterocycles. The van der Waals surface area contributed by atoms with Crippen LogP contribution in [0.25, 0.3) is 0 Å². The van der Waals surface area contributed by atoms with Crippen molar-refractivity contribution in [3.8, 4) is 0 Å². The van der Waals surface area contributed by atoms with E-state index in [0.29, 0.717) is 5.69 Å². The van der Waals surface area contributed by atoms with Gasteiger partial charge in [-0.25, -0.2) is 0 Å². The Balaban J connectivity index is 2.23. The number of Topliss-reactive ketones (excluding diaryl/α,β-unsaturated/α-hetero) is 1. The van der Waals surface area contributed by atoms with Crippen molar-refractivity contribution in [1.29, 1.82) is 0 Å². The second-order valence-corrected chi connectivity index (χ2v) is 5.10. The lowest BCUT2D eigenvalue weighted by molar-refractivity contribution is -0.384. The fourth-order valence-electron chi connectivity index (χ4n) is 2.01. The molecule has 2 aromatic carbocycles. The number of allylic oxidation sites excluding steroid dienone is 1. The number of carbonyl (C=O) groups is 3. The molecule has 1 N–H and O–H groups in total. The minimum atomic E-state index is -0.700. The third-order valence-corrected chi connectivity index (χ3v) is 3.29. The third kappa shape index (κ3) is 4.68. The largest absolute Gasteiger partial charge is 0.322 e. The van der Waals surface area contributed by atoms with Gasteiger partial charge in [0, 0.05) is 29.5 Å². The highest BCUT2D eigenvalue weighted by Crippen LogP contribution is 2.14. The summed E-state index contributed by atoms with van der Waals surface area (Å²) in [5, 5.41) is 13.2. The van der Waals surface area contributed by atoms with Crippen molar-refractivity contribution in [3.63, 3.8) is 0 Å². The summed E-state index contributed by atoms with van der Waals surface area (Å²) in [4.78, 5) is 46.2. The second kappa shape index (κ2) is 7.78. The van der Waals surface area contributed by atoms with Crippen LogP contribution in [0.4, 0.5) is 11.4 Å². The Morgan fingerprint density at radius 3 is 2.12 bits per heavy atom. The van der Waals surface area contributed by atoms with Crippen LogP contribution < -0.4 is 5.32 Å². The van der Waals surface area contributed by atoms with E-state index in [1.807, 2.05) is 0 Å². The van der Waals surface area contributed by atoms with Crippen molar-refractivity contribution in [1.82, 2.24) is 0 Å². The fourth-order valence-corrected chi connectivity index (χ4v) is 2.01. The summed E-state index contributed by atoms with van der Waals surface area (Å²) in [5.74, 6) is -1.86. The summed E-state index contributed by atoms with van der Waals surface area (Å²) >= 11 is 0. The molecule has 0 unspecified atom stereocenters. The third-order valence-electron chi connectivity index (χ3n) is 3.29. The maximum atomic E-state index is 12.2. The number of nitro benzene ring substituents is 1. The normalized spacial score (nSPS) is 10.8. The highest BCUT2D eigenvalue weighted by molar-refractivity contribution is 6.26. The first-order valence-corrected chi connectivity index (χ1v) is 7.26. The van der Waals surface area contributed by atoms with E-state index in [4.69, 9.17) is 0 Å². The first kappa shape index (κ1) is 17.7. The first-order valence-electron chi connectivity index (χ1n) is 7.26. The number of amides is 1. The molecule has 126 valence electrons. The number of nitro groups is 1. The van der Waals surface area contributed by atoms with E-state index in [9.17, 15) is 24.5 Å². The van der Waals surface area contributed by atoms with Gasteiger partial charge in [-0.05, 0) is 31.2 Å². The molecule has 7 heteroatoms. The fraction of sp³-hybridized carbons (Fsp3) is 0.0556. The number of benzene rings is 2. The van der Waals surface area contributed by atoms with Crippen LogP contribution in [0.1, 0.15) is 17.3 Å². The van der Waals surface area contributed by atoms with E-state index < -0.39 is 22.4 Å². The Hall–Kier alpha value is -3.61. The lowest BCUT2D eigenvalue weighted by Crippen LogP contribution is -2.20. The van der Waals surface area contributed by atoms with Crippen LogP contribution >= 0.6 is 0 Å². The highest BCUT2D eigenvalue weighted by Gasteiger charge is 2.17. The summed E-state index contributed by atoms with van der Waals surface area (Å²) in [5.41, 5.74) is 0.167. The molecule has 0 saturated heterocycles. The first-order chi connectivity index (χ1) is 11.9. The monoisotopic (exact) mass is 338 g/mol. The smallest absolute Gasteiger partial charge is 0.269 e. The zero-order chi connectivity index (χ0) is 18.4. The molecule has 2 aromatic rings. The topological polar surface area (TPSA) is 106 Å². The minimum absolute atomic E-state index is 0.136. The molecule has 0 aliphatic heterocycles. The molecule has 0 saturated carbocycles. The molecule has 0 aliphatic rings. The number of anilines is 1. The van der Waals surface area contributed by atoms with Crippen molar-refractivity contribution in [3.05, 3.63) is 81.9 Å². The van der Waals surface area contributed by atoms with Crippen LogP contribution in [-0.2, 0) is 9.59 Å². The number of non-ortho nitro benzene ring substituents is 1. The molecule has 0 radical (unpaired) electrons. The van der Waals surface area contributed by atoms with Crippen molar-refractivity contribution >= 4 is 28.8 Å². The number of hydrogen-bond acceptors (Lipinski definition) is 5. The van der Waals surface area contributed by atoms with E-state index in [1.165, 1.54) is 31.2 Å². The Bertz CT molecular complexity index is 855. The van der Waals surface area contributed by atoms with Gasteiger partial charge in [-0.3, -0.25) is 24.5 Å². The molecule has 0 spiro atoms. The zero-order valence-electron chi connectivity index (χ0n) is 13.3. The van der Waals surface area contributed by atoms with Crippen molar-refractivity contribution in [2.45, 2.75) is 6.92 Å². The van der Waals surface area contributed by atoms with Crippen molar-refractivity contribution in [2.75, 3.05) is 5.32 Å². The van der Waals surface area contributed by atoms with E-state index in [1.54, 1.807) is 30.3 Å². The Morgan fingerprint density at radius 1 is 1.00 bits per heavy atom. The predicted octanol–water partition coefficient (Wildman–Crippen LogP) is 2.93. The predicted molar refractivity (Wildman–Crippen MR) is 91.3 cm³/mol. The average molecular weight is 338 g/mol. The van der Waals surface area contributed by atoms with Crippen LogP contribution in [0.15, 0.2) is 66.2 Å². The highest BCUT2D eigenvalue weighted by atomic mass is 16.6. The molecular weight excluding hydrogens is 324 g/mol. The minimum Gasteiger partial charge on any atom is -0.322 e. The number of rotatable bonds is 6. The number of para-hydroxylation sites is 1. The van der Waals surface area contributed by atoms with Gasteiger partial charge in [0.1, 0.15) is 0 Å². The Morgan fingerprint density at radius 2 is 1.60 bits per heavy atom. The average Bonchev–Trinajstić information content (AvgIpc) is 2.60. The van der Waals surface area contributed by atoms with Crippen molar-refractivity contribution in [2.24, 2.45) is 0 Å². The summed E-state index contributed by atoms with van der Waals surface area (Å²) in [6, 6.07) is 13.4. The molecule has 0 aliphatic carbocycles. The van der Waals surface area contributed by atoms with Gasteiger partial charge >= 0.3 is 0 Å². The van der Waals surface area contributed by atoms with Crippen molar-refractivity contribution < 1.29 is 19.3 Å². The molecular formula is C18H14N2O5. The van der Waals surface area contributed by atoms with Crippen LogP contribution in [0.5, 0.6) is 0 Å². The van der Waals surface area contributed by atoms with Gasteiger partial charge in [0.2, 0.25) is 0 Å². The maximum absolute atomic E-state index is 12.2. The molecule has 25 heavy (non-hydrogen) atoms. The van der Waals surface area contributed by atoms with E-state index in [2.05, 4.69) is 5.32 Å². The molecule has 7 nitrogen and oxygen atoms in total. The SMILES string of the molecule is CC(=O)/C(=C\C(=O)c1ccc([N+](=O)[O-])cc1)C(=O)Nc1ccccc1. The van der Waals surface area contributed by atoms with Gasteiger partial charge in [0.15, 0.2) is 11.6 Å². The van der Waals surface area contributed by atoms with Gasteiger partial charge in [0.25, 0.3) is 11.6 Å². The maximum Gasteiger partial charge on any atom is 0.269 e. The van der Waals surface area contributed by atoms with Gasteiger partial charge in [-0.1, -0.05) is 18.2 Å². The summed E-state index contributed by atoms with van der Waals surface area (Å²) in [6.07, 6.45) is 0.932. The van der Waals surface area contributed by atoms with Crippen LogP contribution in [0, 0.1) is 10.1 Å². The van der Waals surface area contributed by atoms with Crippen LogP contribution in [0.3, 0.4) is 0 Å². The summed E-state index contributed by atoms with van der Waals surface area (Å²) in [6.45, 7) is 1.18. The summed E-state index contributed by atoms with van der Waals surface area (Å²) in [7, 11) is 0. The molecule has 0 bridgehead atoms. The van der Waals surface area contributed by atoms with Crippen LogP contribution in [-0.4, -0.2) is 22.4 Å². The van der Waals surface area contributed by atoms with Gasteiger partial charge < -0.3 is 5.32 Å². The number of carbonyl (C=O) groups excluding carboxylic acids is 3. The standard InChI is InChI=1S/C18H14N2O5/c1-12(21)16(18(23)19-14-5-3-2-4-6-14)11-17(22)13-7-9-15(10-8-13)20(24)25/h2-11H,1H3,(H,19,23)/b16-11+. The number of nitrogens with zero attached hydrogens (tertiary/aromatic N) is 1. The lowest BCUT2D eigenvalue weighted by atomic mass is 10.0. The zero-order valence-corrected chi connectivity index (χ0v) is 13.3. The van der Waals surface area contributed by atoms with Gasteiger partial charge in [0.05, 0.1) is 10.5 Å². The molecule has 0 atom stereocenters. The van der Waals surface area contributed by atoms with E-state index in [-0.39, 0.29) is 16.8 Å². The lowest BCUT2D eigenvalue weighted by Gasteiger charge is -2.06. The molecule has 0 fully saturated rings. The Kier molecular flexibility index (Phi) is 5.52. The van der Waals surface area contributed by atoms with Gasteiger partial charge in [-0.2, -0.15) is 0 Å². The quantitative estimate of drug-likeness (QED) is 0.218. The number of nitrogens with one attached hydrogen (secondary N) is 1. The molecule has 2 rings (SSSR count). The number of ketones is 2. The second-order valence-electron chi connectivity index (χ2n) is 5.10. The van der Waals surface area contributed by atoms with E-state index in [0.717, 1.165) is 6.08 Å². The van der Waals surface area contributed by atoms with E-state index >= 15 is 0 Å². The molecule has 1 amide bonds. The van der Waals surface area contributed by atoms with Crippen LogP contribution in [0.2, 0.25) is 0 Å². The van der Waals surface area contributed by atoms with Gasteiger partial charge in [-0.15, -0.1) is 0 Å². The summed E-state index contributed by atoms with van der Waals surface area (Å²) < 4.78 is 0. The Labute approximate surface area is 143 Å². The number of hydrogen-bond donors (Lipinski definition) is 1. The molecule has 0 heterocycles.